The topological polar surface area (TPSA) is 26.0 Å². The Morgan fingerprint density at radius 2 is 2.08 bits per heavy atom. The maximum Gasteiger partial charge on any atom is 0.0120 e. The van der Waals surface area contributed by atoms with Crippen molar-refractivity contribution < 1.29 is 0 Å². The van der Waals surface area contributed by atoms with Crippen molar-refractivity contribution in [3.8, 4) is 0 Å². The molecule has 70 valence electrons. The molecule has 0 saturated carbocycles. The van der Waals surface area contributed by atoms with E-state index in [4.69, 9.17) is 5.73 Å². The van der Waals surface area contributed by atoms with Crippen LogP contribution in [0.2, 0.25) is 0 Å². The highest BCUT2D eigenvalue weighted by molar-refractivity contribution is 5.41. The minimum Gasteiger partial charge on any atom is -0.327 e. The van der Waals surface area contributed by atoms with Gasteiger partial charge in [-0.3, -0.25) is 0 Å². The number of fused-ring (bicyclic) bond motifs is 1. The molecule has 1 aromatic carbocycles. The highest BCUT2D eigenvalue weighted by Crippen LogP contribution is 2.29. The zero-order chi connectivity index (χ0) is 9.42. The van der Waals surface area contributed by atoms with E-state index in [0.29, 0.717) is 12.0 Å². The van der Waals surface area contributed by atoms with Gasteiger partial charge in [0.25, 0.3) is 0 Å². The molecule has 0 spiro atoms. The summed E-state index contributed by atoms with van der Waals surface area (Å²) in [5.74, 6) is 0.625. The van der Waals surface area contributed by atoms with Crippen molar-refractivity contribution in [2.45, 2.75) is 38.6 Å². The average molecular weight is 175 g/mol. The molecular formula is C12H17N. The fourth-order valence-corrected chi connectivity index (χ4v) is 2.25. The van der Waals surface area contributed by atoms with Gasteiger partial charge >= 0.3 is 0 Å². The van der Waals surface area contributed by atoms with Gasteiger partial charge < -0.3 is 5.73 Å². The molecule has 0 amide bonds. The van der Waals surface area contributed by atoms with Crippen LogP contribution in [0.5, 0.6) is 0 Å². The Labute approximate surface area is 80.0 Å². The maximum atomic E-state index is 5.95. The molecular weight excluding hydrogens is 158 g/mol. The van der Waals surface area contributed by atoms with Gasteiger partial charge in [-0.1, -0.05) is 32.0 Å². The third-order valence-corrected chi connectivity index (χ3v) is 2.88. The number of hydrogen-bond donors (Lipinski definition) is 1. The fraction of sp³-hybridized carbons (Fsp3) is 0.500. The molecule has 1 atom stereocenters. The monoisotopic (exact) mass is 175 g/mol. The fourth-order valence-electron chi connectivity index (χ4n) is 2.25. The molecule has 2 N–H and O–H groups in total. The van der Waals surface area contributed by atoms with Gasteiger partial charge in [0.15, 0.2) is 0 Å². The molecule has 0 bridgehead atoms. The molecule has 0 radical (unpaired) electrons. The van der Waals surface area contributed by atoms with Crippen molar-refractivity contribution >= 4 is 0 Å². The number of benzene rings is 1. The Hall–Kier alpha value is -0.820. The highest BCUT2D eigenvalue weighted by Gasteiger charge is 2.21. The summed E-state index contributed by atoms with van der Waals surface area (Å²) in [6, 6.07) is 6.97. The van der Waals surface area contributed by atoms with E-state index in [0.717, 1.165) is 12.8 Å². The molecule has 2 rings (SSSR count). The summed E-state index contributed by atoms with van der Waals surface area (Å²) in [6.07, 6.45) is 2.14. The lowest BCUT2D eigenvalue weighted by Crippen LogP contribution is -2.19. The number of hydrogen-bond acceptors (Lipinski definition) is 1. The van der Waals surface area contributed by atoms with Gasteiger partial charge in [-0.05, 0) is 35.4 Å². The predicted molar refractivity (Wildman–Crippen MR) is 55.9 cm³/mol. The van der Waals surface area contributed by atoms with Gasteiger partial charge in [0.1, 0.15) is 0 Å². The molecule has 1 aliphatic carbocycles. The van der Waals surface area contributed by atoms with Crippen LogP contribution in [0.25, 0.3) is 0 Å². The zero-order valence-electron chi connectivity index (χ0n) is 8.38. The summed E-state index contributed by atoms with van der Waals surface area (Å²) >= 11 is 0. The van der Waals surface area contributed by atoms with Crippen molar-refractivity contribution in [1.82, 2.24) is 0 Å². The first-order valence-electron chi connectivity index (χ1n) is 5.04. The van der Waals surface area contributed by atoms with Crippen LogP contribution in [-0.2, 0) is 12.8 Å². The Bertz CT molecular complexity index is 315. The Morgan fingerprint density at radius 1 is 1.31 bits per heavy atom. The first-order valence-corrected chi connectivity index (χ1v) is 5.04. The van der Waals surface area contributed by atoms with E-state index in [-0.39, 0.29) is 0 Å². The maximum absolute atomic E-state index is 5.95. The van der Waals surface area contributed by atoms with Crippen molar-refractivity contribution in [2.24, 2.45) is 5.73 Å². The molecule has 1 aromatic rings. The van der Waals surface area contributed by atoms with Crippen molar-refractivity contribution in [1.29, 1.82) is 0 Å². The number of nitrogens with two attached hydrogens (primary N) is 1. The minimum absolute atomic E-state index is 0.356. The summed E-state index contributed by atoms with van der Waals surface area (Å²) in [4.78, 5) is 0. The van der Waals surface area contributed by atoms with Gasteiger partial charge in [0, 0.05) is 6.04 Å². The SMILES string of the molecule is CC(C)c1cccc2c1CC(N)C2. The predicted octanol–water partition coefficient (Wildman–Crippen LogP) is 2.24. The Kier molecular flexibility index (Phi) is 2.12. The van der Waals surface area contributed by atoms with Crippen LogP contribution in [0, 0.1) is 0 Å². The lowest BCUT2D eigenvalue weighted by molar-refractivity contribution is 0.716. The summed E-state index contributed by atoms with van der Waals surface area (Å²) in [5, 5.41) is 0. The minimum atomic E-state index is 0.356. The second-order valence-electron chi connectivity index (χ2n) is 4.31. The normalized spacial score (nSPS) is 20.8. The molecule has 1 unspecified atom stereocenters. The van der Waals surface area contributed by atoms with Crippen LogP contribution < -0.4 is 5.73 Å². The van der Waals surface area contributed by atoms with Crippen LogP contribution >= 0.6 is 0 Å². The van der Waals surface area contributed by atoms with Crippen molar-refractivity contribution in [3.63, 3.8) is 0 Å². The second-order valence-corrected chi connectivity index (χ2v) is 4.31. The standard InChI is InChI=1S/C12H17N/c1-8(2)11-5-3-4-9-6-10(13)7-12(9)11/h3-5,8,10H,6-7,13H2,1-2H3. The van der Waals surface area contributed by atoms with Gasteiger partial charge in [0.2, 0.25) is 0 Å². The first-order chi connectivity index (χ1) is 6.18. The van der Waals surface area contributed by atoms with Crippen LogP contribution in [-0.4, -0.2) is 6.04 Å². The summed E-state index contributed by atoms with van der Waals surface area (Å²) < 4.78 is 0. The molecule has 1 nitrogen and oxygen atoms in total. The van der Waals surface area contributed by atoms with E-state index in [2.05, 4.69) is 32.0 Å². The Morgan fingerprint density at radius 3 is 2.77 bits per heavy atom. The Balaban J connectivity index is 2.45. The van der Waals surface area contributed by atoms with E-state index >= 15 is 0 Å². The van der Waals surface area contributed by atoms with Gasteiger partial charge in [-0.15, -0.1) is 0 Å². The van der Waals surface area contributed by atoms with Crippen LogP contribution in [0.1, 0.15) is 36.5 Å². The van der Waals surface area contributed by atoms with Crippen LogP contribution in [0.15, 0.2) is 18.2 Å². The van der Waals surface area contributed by atoms with Gasteiger partial charge in [0.05, 0.1) is 0 Å². The van der Waals surface area contributed by atoms with E-state index < -0.39 is 0 Å². The molecule has 0 heterocycles. The quantitative estimate of drug-likeness (QED) is 0.696. The van der Waals surface area contributed by atoms with E-state index in [9.17, 15) is 0 Å². The van der Waals surface area contributed by atoms with Crippen molar-refractivity contribution in [2.75, 3.05) is 0 Å². The van der Waals surface area contributed by atoms with Crippen molar-refractivity contribution in [3.05, 3.63) is 34.9 Å². The second kappa shape index (κ2) is 3.15. The largest absolute Gasteiger partial charge is 0.327 e. The van der Waals surface area contributed by atoms with Gasteiger partial charge in [-0.25, -0.2) is 0 Å². The molecule has 1 heteroatoms. The van der Waals surface area contributed by atoms with Gasteiger partial charge in [-0.2, -0.15) is 0 Å². The van der Waals surface area contributed by atoms with E-state index in [1.807, 2.05) is 0 Å². The lowest BCUT2D eigenvalue weighted by Gasteiger charge is -2.11. The van der Waals surface area contributed by atoms with Crippen LogP contribution in [0.4, 0.5) is 0 Å². The zero-order valence-corrected chi connectivity index (χ0v) is 8.38. The molecule has 0 aliphatic heterocycles. The molecule has 0 fully saturated rings. The molecule has 1 aliphatic rings. The highest BCUT2D eigenvalue weighted by atomic mass is 14.6. The van der Waals surface area contributed by atoms with E-state index in [1.54, 1.807) is 0 Å². The summed E-state index contributed by atoms with van der Waals surface area (Å²) in [6.45, 7) is 4.50. The van der Waals surface area contributed by atoms with Crippen LogP contribution in [0.3, 0.4) is 0 Å². The van der Waals surface area contributed by atoms with E-state index in [1.165, 1.54) is 16.7 Å². The summed E-state index contributed by atoms with van der Waals surface area (Å²) in [7, 11) is 0. The third kappa shape index (κ3) is 1.49. The lowest BCUT2D eigenvalue weighted by atomic mass is 9.95. The molecule has 0 aromatic heterocycles. The first kappa shape index (κ1) is 8.76. The molecule has 13 heavy (non-hydrogen) atoms. The smallest absolute Gasteiger partial charge is 0.0120 e. The third-order valence-electron chi connectivity index (χ3n) is 2.88. The number of rotatable bonds is 1. The summed E-state index contributed by atoms with van der Waals surface area (Å²) in [5.41, 5.74) is 10.4. The molecule has 0 saturated heterocycles. The average Bonchev–Trinajstić information content (AvgIpc) is 2.43.